The van der Waals surface area contributed by atoms with E-state index < -0.39 is 9.84 Å². The molecule has 0 fully saturated rings. The minimum atomic E-state index is -3.51. The highest BCUT2D eigenvalue weighted by molar-refractivity contribution is 7.90. The zero-order chi connectivity index (χ0) is 19.9. The first-order valence-corrected chi connectivity index (χ1v) is 10.8. The van der Waals surface area contributed by atoms with Gasteiger partial charge in [-0.05, 0) is 23.6 Å². The first kappa shape index (κ1) is 18.4. The normalized spacial score (nSPS) is 12.1. The summed E-state index contributed by atoms with van der Waals surface area (Å²) < 4.78 is 31.3. The van der Waals surface area contributed by atoms with Crippen molar-refractivity contribution in [2.45, 2.75) is 31.5 Å². The Morgan fingerprint density at radius 2 is 1.75 bits per heavy atom. The number of hydrogen-bond donors (Lipinski definition) is 0. The smallest absolute Gasteiger partial charge is 0.246 e. The molecule has 0 atom stereocenters. The second-order valence-corrected chi connectivity index (χ2v) is 8.94. The molecule has 0 radical (unpaired) electrons. The first-order chi connectivity index (χ1) is 13.3. The summed E-state index contributed by atoms with van der Waals surface area (Å²) in [5.41, 5.74) is 3.38. The fourth-order valence-electron chi connectivity index (χ4n) is 3.08. The molecule has 4 aromatic rings. The maximum atomic E-state index is 12.2. The highest BCUT2D eigenvalue weighted by atomic mass is 32.2. The molecule has 0 saturated carbocycles. The van der Waals surface area contributed by atoms with E-state index in [9.17, 15) is 8.42 Å². The van der Waals surface area contributed by atoms with Crippen LogP contribution in [0, 0.1) is 0 Å². The van der Waals surface area contributed by atoms with Crippen molar-refractivity contribution in [2.75, 3.05) is 6.26 Å². The second-order valence-electron chi connectivity index (χ2n) is 7.03. The largest absolute Gasteiger partial charge is 0.337 e. The maximum Gasteiger partial charge on any atom is 0.246 e. The van der Waals surface area contributed by atoms with Gasteiger partial charge in [0.1, 0.15) is 6.54 Å². The fraction of sp³-hybridized carbons (Fsp3) is 0.250. The van der Waals surface area contributed by atoms with Crippen molar-refractivity contribution in [3.63, 3.8) is 0 Å². The van der Waals surface area contributed by atoms with Gasteiger partial charge in [-0.1, -0.05) is 55.4 Å². The third-order valence-corrected chi connectivity index (χ3v) is 5.52. The van der Waals surface area contributed by atoms with Crippen LogP contribution in [0.25, 0.3) is 22.4 Å². The summed E-state index contributed by atoms with van der Waals surface area (Å²) >= 11 is 0. The average molecular weight is 396 g/mol. The number of benzene rings is 2. The van der Waals surface area contributed by atoms with Crippen LogP contribution in [0.4, 0.5) is 0 Å². The quantitative estimate of drug-likeness (QED) is 0.511. The lowest BCUT2D eigenvalue weighted by Gasteiger charge is -2.05. The first-order valence-electron chi connectivity index (χ1n) is 8.91. The van der Waals surface area contributed by atoms with Gasteiger partial charge in [0.05, 0.1) is 11.0 Å². The van der Waals surface area contributed by atoms with E-state index in [1.165, 1.54) is 5.56 Å². The van der Waals surface area contributed by atoms with Crippen molar-refractivity contribution >= 4 is 20.9 Å². The van der Waals surface area contributed by atoms with Crippen LogP contribution in [0.2, 0.25) is 0 Å². The van der Waals surface area contributed by atoms with Crippen LogP contribution >= 0.6 is 0 Å². The lowest BCUT2D eigenvalue weighted by molar-refractivity contribution is 0.369. The number of fused-ring (bicyclic) bond motifs is 1. The van der Waals surface area contributed by atoms with E-state index in [0.29, 0.717) is 28.7 Å². The molecular weight excluding hydrogens is 376 g/mol. The van der Waals surface area contributed by atoms with Crippen molar-refractivity contribution in [2.24, 2.45) is 0 Å². The lowest BCUT2D eigenvalue weighted by Crippen LogP contribution is -2.10. The Morgan fingerprint density at radius 1 is 1.04 bits per heavy atom. The lowest BCUT2D eigenvalue weighted by atomic mass is 10.0. The third kappa shape index (κ3) is 3.43. The molecule has 0 aliphatic rings. The number of hydrogen-bond acceptors (Lipinski definition) is 6. The Balaban J connectivity index is 1.70. The molecule has 2 aromatic heterocycles. The van der Waals surface area contributed by atoms with Crippen molar-refractivity contribution in [1.82, 2.24) is 19.7 Å². The molecule has 0 aliphatic heterocycles. The number of aromatic nitrogens is 4. The standard InChI is InChI=1S/C20H20N4O3S/c1-13(2)14-8-10-15(11-9-14)19-22-18(27-23-19)12-24-17-7-5-4-6-16(17)21-20(24)28(3,25)26/h4-11,13H,12H2,1-3H3. The Hall–Kier alpha value is -3.00. The molecule has 0 N–H and O–H groups in total. The van der Waals surface area contributed by atoms with Crippen molar-refractivity contribution < 1.29 is 12.9 Å². The third-order valence-electron chi connectivity index (χ3n) is 4.55. The summed E-state index contributed by atoms with van der Waals surface area (Å²) in [6.07, 6.45) is 1.14. The molecule has 0 aliphatic carbocycles. The number of para-hydroxylation sites is 2. The Bertz CT molecular complexity index is 1240. The van der Waals surface area contributed by atoms with Crippen LogP contribution in [0.3, 0.4) is 0 Å². The van der Waals surface area contributed by atoms with Crippen LogP contribution in [-0.4, -0.2) is 34.4 Å². The zero-order valence-corrected chi connectivity index (χ0v) is 16.6. The summed E-state index contributed by atoms with van der Waals surface area (Å²) in [4.78, 5) is 8.70. The molecule has 28 heavy (non-hydrogen) atoms. The molecule has 2 aromatic carbocycles. The molecule has 144 valence electrons. The monoisotopic (exact) mass is 396 g/mol. The SMILES string of the molecule is CC(C)c1ccc(-c2noc(Cn3c(S(C)(=O)=O)nc4ccccc43)n2)cc1. The molecule has 0 spiro atoms. The summed E-state index contributed by atoms with van der Waals surface area (Å²) in [6, 6.07) is 15.2. The van der Waals surface area contributed by atoms with Gasteiger partial charge in [-0.25, -0.2) is 13.4 Å². The minimum absolute atomic E-state index is 0.0188. The van der Waals surface area contributed by atoms with E-state index in [4.69, 9.17) is 4.52 Å². The van der Waals surface area contributed by atoms with Gasteiger partial charge < -0.3 is 9.09 Å². The van der Waals surface area contributed by atoms with E-state index in [1.54, 1.807) is 10.6 Å². The van der Waals surface area contributed by atoms with Crippen LogP contribution in [0.5, 0.6) is 0 Å². The predicted molar refractivity (Wildman–Crippen MR) is 106 cm³/mol. The zero-order valence-electron chi connectivity index (χ0n) is 15.8. The van der Waals surface area contributed by atoms with Gasteiger partial charge in [0.25, 0.3) is 0 Å². The summed E-state index contributed by atoms with van der Waals surface area (Å²) in [7, 11) is -3.51. The highest BCUT2D eigenvalue weighted by Crippen LogP contribution is 2.23. The van der Waals surface area contributed by atoms with Gasteiger partial charge >= 0.3 is 0 Å². The number of imidazole rings is 1. The minimum Gasteiger partial charge on any atom is -0.337 e. The molecule has 2 heterocycles. The number of nitrogens with zero attached hydrogens (tertiary/aromatic N) is 4. The Kier molecular flexibility index (Phi) is 4.50. The molecule has 0 bridgehead atoms. The van der Waals surface area contributed by atoms with Gasteiger partial charge in [-0.2, -0.15) is 4.98 Å². The van der Waals surface area contributed by atoms with E-state index in [-0.39, 0.29) is 11.7 Å². The molecule has 0 amide bonds. The van der Waals surface area contributed by atoms with Crippen molar-refractivity contribution in [3.05, 3.63) is 60.0 Å². The maximum absolute atomic E-state index is 12.2. The predicted octanol–water partition coefficient (Wildman–Crippen LogP) is 3.66. The topological polar surface area (TPSA) is 90.9 Å². The van der Waals surface area contributed by atoms with Gasteiger partial charge in [-0.3, -0.25) is 0 Å². The Morgan fingerprint density at radius 3 is 2.43 bits per heavy atom. The van der Waals surface area contributed by atoms with Crippen molar-refractivity contribution in [1.29, 1.82) is 0 Å². The number of sulfone groups is 1. The molecule has 4 rings (SSSR count). The summed E-state index contributed by atoms with van der Waals surface area (Å²) in [5.74, 6) is 1.23. The highest BCUT2D eigenvalue weighted by Gasteiger charge is 2.21. The summed E-state index contributed by atoms with van der Waals surface area (Å²) in [6.45, 7) is 4.40. The van der Waals surface area contributed by atoms with Gasteiger partial charge in [-0.15, -0.1) is 0 Å². The van der Waals surface area contributed by atoms with Crippen LogP contribution in [0.1, 0.15) is 31.2 Å². The van der Waals surface area contributed by atoms with Gasteiger partial charge in [0, 0.05) is 11.8 Å². The van der Waals surface area contributed by atoms with E-state index in [0.717, 1.165) is 11.8 Å². The van der Waals surface area contributed by atoms with E-state index in [2.05, 4.69) is 29.0 Å². The van der Waals surface area contributed by atoms with Crippen LogP contribution < -0.4 is 0 Å². The molecule has 7 nitrogen and oxygen atoms in total. The fourth-order valence-corrected chi connectivity index (χ4v) is 3.91. The van der Waals surface area contributed by atoms with E-state index >= 15 is 0 Å². The van der Waals surface area contributed by atoms with Gasteiger partial charge in [0.2, 0.25) is 26.7 Å². The average Bonchev–Trinajstić information content (AvgIpc) is 3.27. The van der Waals surface area contributed by atoms with Crippen molar-refractivity contribution in [3.8, 4) is 11.4 Å². The summed E-state index contributed by atoms with van der Waals surface area (Å²) in [5, 5.41) is 4.03. The molecule has 0 saturated heterocycles. The van der Waals surface area contributed by atoms with E-state index in [1.807, 2.05) is 42.5 Å². The Labute approximate surface area is 163 Å². The van der Waals surface area contributed by atoms with Crippen LogP contribution in [0.15, 0.2) is 58.2 Å². The van der Waals surface area contributed by atoms with Gasteiger partial charge in [0.15, 0.2) is 0 Å². The number of rotatable bonds is 5. The molecule has 0 unspecified atom stereocenters. The molecular formula is C20H20N4O3S. The second kappa shape index (κ2) is 6.87. The van der Waals surface area contributed by atoms with Crippen LogP contribution in [-0.2, 0) is 16.4 Å². The molecule has 8 heteroatoms.